The number of hydrogen-bond acceptors (Lipinski definition) is 6. The van der Waals surface area contributed by atoms with Crippen LogP contribution < -0.4 is 15.4 Å². The molecule has 1 aliphatic heterocycles. The number of methoxy groups -OCH3 is 1. The highest BCUT2D eigenvalue weighted by molar-refractivity contribution is 6.09. The topological polar surface area (TPSA) is 101 Å². The molecule has 1 aromatic carbocycles. The van der Waals surface area contributed by atoms with E-state index in [-0.39, 0.29) is 29.1 Å². The summed E-state index contributed by atoms with van der Waals surface area (Å²) in [7, 11) is 1.47. The van der Waals surface area contributed by atoms with Crippen molar-refractivity contribution >= 4 is 17.5 Å². The van der Waals surface area contributed by atoms with Gasteiger partial charge in [0.1, 0.15) is 5.82 Å². The molecule has 1 amide bonds. The summed E-state index contributed by atoms with van der Waals surface area (Å²) in [5.41, 5.74) is 4.28. The maximum absolute atomic E-state index is 13.4. The van der Waals surface area contributed by atoms with Crippen molar-refractivity contribution in [1.82, 2.24) is 10.3 Å². The van der Waals surface area contributed by atoms with Gasteiger partial charge in [0, 0.05) is 41.1 Å². The van der Waals surface area contributed by atoms with E-state index in [9.17, 15) is 14.7 Å². The summed E-state index contributed by atoms with van der Waals surface area (Å²) >= 11 is 0. The van der Waals surface area contributed by atoms with Gasteiger partial charge >= 0.3 is 0 Å². The zero-order chi connectivity index (χ0) is 23.0. The number of nitrogens with one attached hydrogen (secondary N) is 2. The summed E-state index contributed by atoms with van der Waals surface area (Å²) in [6.45, 7) is 5.82. The third-order valence-corrected chi connectivity index (χ3v) is 5.97. The number of aromatic nitrogens is 1. The number of benzene rings is 1. The predicted molar refractivity (Wildman–Crippen MR) is 121 cm³/mol. The number of anilines is 1. The number of phenolic OH excluding ortho intramolecular Hbond substituents is 1. The van der Waals surface area contributed by atoms with Crippen LogP contribution in [0.4, 0.5) is 5.82 Å². The Morgan fingerprint density at radius 3 is 2.69 bits per heavy atom. The standard InChI is InChI=1S/C25H27N3O4/c1-13-5-8-21(26-12-13)28-25(31)22-15(3)27-17-9-14(2)10-19(30)24(17)23(22)16-6-7-18(29)20(11-16)32-4/h5-8,11-12,14,23,27,29H,9-10H2,1-4H3,(H,26,28,31)/t14-,23+/m0/s1. The van der Waals surface area contributed by atoms with Crippen molar-refractivity contribution in [3.8, 4) is 11.5 Å². The molecule has 2 aromatic rings. The average Bonchev–Trinajstić information content (AvgIpc) is 2.74. The van der Waals surface area contributed by atoms with Crippen molar-refractivity contribution in [2.75, 3.05) is 12.4 Å². The van der Waals surface area contributed by atoms with Crippen LogP contribution >= 0.6 is 0 Å². The Hall–Kier alpha value is -3.61. The predicted octanol–water partition coefficient (Wildman–Crippen LogP) is 3.96. The van der Waals surface area contributed by atoms with E-state index in [0.717, 1.165) is 17.7 Å². The van der Waals surface area contributed by atoms with Gasteiger partial charge < -0.3 is 20.5 Å². The van der Waals surface area contributed by atoms with Gasteiger partial charge in [-0.15, -0.1) is 0 Å². The second kappa shape index (κ2) is 8.49. The van der Waals surface area contributed by atoms with Crippen LogP contribution in [-0.2, 0) is 9.59 Å². The smallest absolute Gasteiger partial charge is 0.255 e. The van der Waals surface area contributed by atoms with Gasteiger partial charge in [-0.25, -0.2) is 4.98 Å². The normalized spacial score (nSPS) is 20.6. The Kier molecular flexibility index (Phi) is 5.74. The van der Waals surface area contributed by atoms with Gasteiger partial charge in [0.2, 0.25) is 0 Å². The highest BCUT2D eigenvalue weighted by atomic mass is 16.5. The first kappa shape index (κ1) is 21.6. The number of aryl methyl sites for hydroxylation is 1. The van der Waals surface area contributed by atoms with Crippen LogP contribution in [0.2, 0.25) is 0 Å². The van der Waals surface area contributed by atoms with E-state index in [1.807, 2.05) is 26.8 Å². The molecule has 166 valence electrons. The molecular formula is C25H27N3O4. The van der Waals surface area contributed by atoms with Crippen molar-refractivity contribution in [1.29, 1.82) is 0 Å². The minimum atomic E-state index is -0.578. The van der Waals surface area contributed by atoms with Crippen LogP contribution in [0.15, 0.2) is 59.1 Å². The summed E-state index contributed by atoms with van der Waals surface area (Å²) in [4.78, 5) is 30.9. The molecule has 2 aliphatic rings. The molecule has 3 N–H and O–H groups in total. The molecule has 4 rings (SSSR count). The molecule has 32 heavy (non-hydrogen) atoms. The number of rotatable bonds is 4. The fraction of sp³-hybridized carbons (Fsp3) is 0.320. The first-order valence-corrected chi connectivity index (χ1v) is 10.6. The van der Waals surface area contributed by atoms with Gasteiger partial charge in [-0.3, -0.25) is 9.59 Å². The van der Waals surface area contributed by atoms with Crippen LogP contribution in [0.25, 0.3) is 0 Å². The minimum absolute atomic E-state index is 0.00135. The molecule has 0 unspecified atom stereocenters. The lowest BCUT2D eigenvalue weighted by Gasteiger charge is -2.36. The van der Waals surface area contributed by atoms with E-state index in [0.29, 0.717) is 34.6 Å². The van der Waals surface area contributed by atoms with Gasteiger partial charge in [-0.2, -0.15) is 0 Å². The molecule has 0 spiro atoms. The van der Waals surface area contributed by atoms with Crippen LogP contribution in [-0.4, -0.2) is 28.9 Å². The van der Waals surface area contributed by atoms with Gasteiger partial charge in [0.05, 0.1) is 7.11 Å². The largest absolute Gasteiger partial charge is 0.504 e. The maximum Gasteiger partial charge on any atom is 0.255 e. The zero-order valence-electron chi connectivity index (χ0n) is 18.7. The van der Waals surface area contributed by atoms with E-state index < -0.39 is 5.92 Å². The van der Waals surface area contributed by atoms with Gasteiger partial charge in [0.25, 0.3) is 5.91 Å². The van der Waals surface area contributed by atoms with E-state index >= 15 is 0 Å². The summed E-state index contributed by atoms with van der Waals surface area (Å²) < 4.78 is 5.29. The van der Waals surface area contributed by atoms with Crippen LogP contribution in [0.5, 0.6) is 11.5 Å². The Bertz CT molecular complexity index is 1150. The van der Waals surface area contributed by atoms with E-state index in [1.54, 1.807) is 24.4 Å². The highest BCUT2D eigenvalue weighted by Gasteiger charge is 2.40. The quantitative estimate of drug-likeness (QED) is 0.675. The SMILES string of the molecule is COc1cc([C@@H]2C(C(=O)Nc3ccc(C)cn3)=C(C)NC3=C2C(=O)C[C@@H](C)C3)ccc1O. The number of Topliss-reactive ketones (excluding diaryl/α,β-unsaturated/α-hetero) is 1. The third kappa shape index (κ3) is 3.98. The lowest BCUT2D eigenvalue weighted by molar-refractivity contribution is -0.117. The molecule has 0 saturated heterocycles. The molecule has 0 radical (unpaired) electrons. The Balaban J connectivity index is 1.81. The van der Waals surface area contributed by atoms with Crippen molar-refractivity contribution in [2.24, 2.45) is 5.92 Å². The summed E-state index contributed by atoms with van der Waals surface area (Å²) in [5, 5.41) is 16.3. The number of ether oxygens (including phenoxy) is 1. The number of pyridine rings is 1. The molecule has 0 saturated carbocycles. The number of nitrogens with zero attached hydrogens (tertiary/aromatic N) is 1. The molecule has 7 heteroatoms. The Labute approximate surface area is 187 Å². The van der Waals surface area contributed by atoms with E-state index in [2.05, 4.69) is 15.6 Å². The Morgan fingerprint density at radius 2 is 2.00 bits per heavy atom. The number of carbonyl (C=O) groups excluding carboxylic acids is 2. The summed E-state index contributed by atoms with van der Waals surface area (Å²) in [5.74, 6) is 0.0630. The van der Waals surface area contributed by atoms with Gasteiger partial charge in [-0.05, 0) is 55.5 Å². The number of allylic oxidation sites excluding steroid dienone is 3. The number of carbonyl (C=O) groups is 2. The lowest BCUT2D eigenvalue weighted by Crippen LogP contribution is -2.37. The fourth-order valence-corrected chi connectivity index (χ4v) is 4.47. The molecule has 0 fully saturated rings. The lowest BCUT2D eigenvalue weighted by atomic mass is 9.73. The van der Waals surface area contributed by atoms with Crippen molar-refractivity contribution in [3.05, 3.63) is 70.2 Å². The first-order chi connectivity index (χ1) is 15.3. The van der Waals surface area contributed by atoms with Crippen LogP contribution in [0, 0.1) is 12.8 Å². The van der Waals surface area contributed by atoms with Gasteiger partial charge in [0.15, 0.2) is 17.3 Å². The number of dihydropyridines is 1. The van der Waals surface area contributed by atoms with E-state index in [4.69, 9.17) is 4.74 Å². The summed E-state index contributed by atoms with van der Waals surface area (Å²) in [6, 6.07) is 8.56. The second-order valence-electron chi connectivity index (χ2n) is 8.53. The minimum Gasteiger partial charge on any atom is -0.504 e. The van der Waals surface area contributed by atoms with E-state index in [1.165, 1.54) is 13.2 Å². The van der Waals surface area contributed by atoms with Crippen LogP contribution in [0.3, 0.4) is 0 Å². The second-order valence-corrected chi connectivity index (χ2v) is 8.53. The Morgan fingerprint density at radius 1 is 1.22 bits per heavy atom. The number of phenols is 1. The molecule has 1 aliphatic carbocycles. The number of hydrogen-bond donors (Lipinski definition) is 3. The van der Waals surface area contributed by atoms with Gasteiger partial charge in [-0.1, -0.05) is 19.1 Å². The van der Waals surface area contributed by atoms with Crippen molar-refractivity contribution < 1.29 is 19.4 Å². The molecule has 2 heterocycles. The molecule has 0 bridgehead atoms. The van der Waals surface area contributed by atoms with Crippen molar-refractivity contribution in [3.63, 3.8) is 0 Å². The number of amides is 1. The average molecular weight is 434 g/mol. The first-order valence-electron chi connectivity index (χ1n) is 10.6. The molecule has 7 nitrogen and oxygen atoms in total. The monoisotopic (exact) mass is 433 g/mol. The summed E-state index contributed by atoms with van der Waals surface area (Å²) in [6.07, 6.45) is 2.85. The van der Waals surface area contributed by atoms with Crippen molar-refractivity contribution in [2.45, 2.75) is 39.5 Å². The highest BCUT2D eigenvalue weighted by Crippen LogP contribution is 2.45. The maximum atomic E-state index is 13.4. The molecule has 2 atom stereocenters. The number of ketones is 1. The fourth-order valence-electron chi connectivity index (χ4n) is 4.47. The number of aromatic hydroxyl groups is 1. The third-order valence-electron chi connectivity index (χ3n) is 5.97. The molecular weight excluding hydrogens is 406 g/mol. The van der Waals surface area contributed by atoms with Crippen LogP contribution in [0.1, 0.15) is 43.7 Å². The molecule has 1 aromatic heterocycles. The zero-order valence-corrected chi connectivity index (χ0v) is 18.7.